The highest BCUT2D eigenvalue weighted by Gasteiger charge is 2.25. The maximum atomic E-state index is 13.1. The molecule has 124 valence electrons. The van der Waals surface area contributed by atoms with Crippen LogP contribution in [0.25, 0.3) is 0 Å². The van der Waals surface area contributed by atoms with Crippen molar-refractivity contribution >= 4 is 17.3 Å². The minimum atomic E-state index is -0.472. The van der Waals surface area contributed by atoms with E-state index in [9.17, 15) is 14.9 Å². The van der Waals surface area contributed by atoms with Crippen molar-refractivity contribution in [1.82, 2.24) is 4.90 Å². The number of carbonyl (C=O) groups excluding carboxylic acids is 1. The number of hydrogen-bond acceptors (Lipinski definition) is 4. The summed E-state index contributed by atoms with van der Waals surface area (Å²) in [6, 6.07) is 12.2. The van der Waals surface area contributed by atoms with Crippen LogP contribution in [0, 0.1) is 17.0 Å². The Balaban J connectivity index is 2.04. The molecule has 2 aromatic rings. The van der Waals surface area contributed by atoms with Crippen LogP contribution in [0.3, 0.4) is 0 Å². The largest absolute Gasteiger partial charge is 0.307 e. The van der Waals surface area contributed by atoms with E-state index in [-0.39, 0.29) is 11.6 Å². The number of carbonyl (C=O) groups is 1. The van der Waals surface area contributed by atoms with Crippen molar-refractivity contribution in [2.45, 2.75) is 13.5 Å². The molecule has 0 unspecified atom stereocenters. The molecule has 0 aliphatic carbocycles. The van der Waals surface area contributed by atoms with Crippen molar-refractivity contribution in [3.8, 4) is 0 Å². The second kappa shape index (κ2) is 6.41. The number of nitro benzene ring substituents is 1. The molecule has 1 heterocycles. The number of anilines is 1. The predicted molar refractivity (Wildman–Crippen MR) is 92.3 cm³/mol. The van der Waals surface area contributed by atoms with E-state index in [4.69, 9.17) is 0 Å². The topological polar surface area (TPSA) is 66.7 Å². The fourth-order valence-corrected chi connectivity index (χ4v) is 2.98. The van der Waals surface area contributed by atoms with Crippen LogP contribution in [-0.4, -0.2) is 35.9 Å². The summed E-state index contributed by atoms with van der Waals surface area (Å²) in [6.45, 7) is 3.86. The van der Waals surface area contributed by atoms with Crippen LogP contribution in [0.5, 0.6) is 0 Å². The SMILES string of the molecule is Cc1ccc([N+](=O)[O-])cc1C(=O)N1CCN(C)Cc2ccccc21. The lowest BCUT2D eigenvalue weighted by Crippen LogP contribution is -2.35. The van der Waals surface area contributed by atoms with Crippen molar-refractivity contribution in [3.63, 3.8) is 0 Å². The van der Waals surface area contributed by atoms with Gasteiger partial charge in [-0.15, -0.1) is 0 Å². The number of nitro groups is 1. The van der Waals surface area contributed by atoms with Crippen LogP contribution >= 0.6 is 0 Å². The van der Waals surface area contributed by atoms with E-state index in [1.807, 2.05) is 31.3 Å². The summed E-state index contributed by atoms with van der Waals surface area (Å²) < 4.78 is 0. The Morgan fingerprint density at radius 2 is 1.92 bits per heavy atom. The Kier molecular flexibility index (Phi) is 4.31. The highest BCUT2D eigenvalue weighted by molar-refractivity contribution is 6.07. The fourth-order valence-electron chi connectivity index (χ4n) is 2.98. The quantitative estimate of drug-likeness (QED) is 0.629. The third-order valence-corrected chi connectivity index (χ3v) is 4.34. The third kappa shape index (κ3) is 3.00. The van der Waals surface area contributed by atoms with E-state index in [0.717, 1.165) is 29.9 Å². The third-order valence-electron chi connectivity index (χ3n) is 4.34. The number of nitrogens with zero attached hydrogens (tertiary/aromatic N) is 3. The van der Waals surface area contributed by atoms with Crippen molar-refractivity contribution in [2.75, 3.05) is 25.0 Å². The minimum absolute atomic E-state index is 0.0656. The maximum Gasteiger partial charge on any atom is 0.270 e. The molecule has 0 saturated carbocycles. The highest BCUT2D eigenvalue weighted by Crippen LogP contribution is 2.27. The molecule has 0 saturated heterocycles. The molecule has 0 radical (unpaired) electrons. The molecular formula is C18H19N3O3. The lowest BCUT2D eigenvalue weighted by atomic mass is 10.1. The van der Waals surface area contributed by atoms with E-state index in [2.05, 4.69) is 4.90 Å². The zero-order valence-corrected chi connectivity index (χ0v) is 13.7. The fraction of sp³-hybridized carbons (Fsp3) is 0.278. The highest BCUT2D eigenvalue weighted by atomic mass is 16.6. The summed E-state index contributed by atoms with van der Waals surface area (Å²) in [4.78, 5) is 27.6. The van der Waals surface area contributed by atoms with Gasteiger partial charge in [-0.1, -0.05) is 24.3 Å². The van der Waals surface area contributed by atoms with Gasteiger partial charge in [-0.3, -0.25) is 14.9 Å². The molecule has 6 heteroatoms. The van der Waals surface area contributed by atoms with E-state index in [1.54, 1.807) is 17.9 Å². The molecule has 0 fully saturated rings. The number of amides is 1. The van der Waals surface area contributed by atoms with Crippen LogP contribution in [0.4, 0.5) is 11.4 Å². The van der Waals surface area contributed by atoms with Crippen LogP contribution in [0.1, 0.15) is 21.5 Å². The van der Waals surface area contributed by atoms with E-state index in [0.29, 0.717) is 12.1 Å². The van der Waals surface area contributed by atoms with E-state index < -0.39 is 4.92 Å². The Bertz CT molecular complexity index is 804. The van der Waals surface area contributed by atoms with Gasteiger partial charge < -0.3 is 9.80 Å². The number of para-hydroxylation sites is 1. The number of rotatable bonds is 2. The van der Waals surface area contributed by atoms with Crippen molar-refractivity contribution in [3.05, 3.63) is 69.3 Å². The number of likely N-dealkylation sites (N-methyl/N-ethyl adjacent to an activating group) is 1. The first-order valence-electron chi connectivity index (χ1n) is 7.80. The molecule has 1 amide bonds. The Labute approximate surface area is 140 Å². The first-order chi connectivity index (χ1) is 11.5. The zero-order valence-electron chi connectivity index (χ0n) is 13.7. The van der Waals surface area contributed by atoms with E-state index >= 15 is 0 Å². The predicted octanol–water partition coefficient (Wildman–Crippen LogP) is 3.00. The van der Waals surface area contributed by atoms with Crippen LogP contribution < -0.4 is 4.90 Å². The summed E-state index contributed by atoms with van der Waals surface area (Å²) in [5, 5.41) is 11.0. The molecule has 0 bridgehead atoms. The van der Waals surface area contributed by atoms with Gasteiger partial charge in [0.2, 0.25) is 0 Å². The van der Waals surface area contributed by atoms with Crippen LogP contribution in [0.2, 0.25) is 0 Å². The molecule has 0 aromatic heterocycles. The van der Waals surface area contributed by atoms with E-state index in [1.165, 1.54) is 12.1 Å². The Hall–Kier alpha value is -2.73. The Morgan fingerprint density at radius 1 is 1.17 bits per heavy atom. The molecule has 24 heavy (non-hydrogen) atoms. The number of aryl methyl sites for hydroxylation is 1. The van der Waals surface area contributed by atoms with Crippen molar-refractivity contribution < 1.29 is 9.72 Å². The smallest absolute Gasteiger partial charge is 0.270 e. The van der Waals surface area contributed by atoms with Gasteiger partial charge in [-0.05, 0) is 31.2 Å². The zero-order chi connectivity index (χ0) is 17.3. The molecule has 0 atom stereocenters. The maximum absolute atomic E-state index is 13.1. The summed E-state index contributed by atoms with van der Waals surface area (Å²) in [7, 11) is 2.02. The lowest BCUT2D eigenvalue weighted by molar-refractivity contribution is -0.384. The van der Waals surface area contributed by atoms with Gasteiger partial charge in [0, 0.05) is 43.0 Å². The molecule has 0 N–H and O–H groups in total. The van der Waals surface area contributed by atoms with Crippen molar-refractivity contribution in [2.24, 2.45) is 0 Å². The summed E-state index contributed by atoms with van der Waals surface area (Å²) in [5.74, 6) is -0.195. The summed E-state index contributed by atoms with van der Waals surface area (Å²) in [6.07, 6.45) is 0. The number of fused-ring (bicyclic) bond motifs is 1. The Morgan fingerprint density at radius 3 is 2.67 bits per heavy atom. The molecule has 3 rings (SSSR count). The first kappa shape index (κ1) is 16.1. The lowest BCUT2D eigenvalue weighted by Gasteiger charge is -2.23. The molecule has 6 nitrogen and oxygen atoms in total. The minimum Gasteiger partial charge on any atom is -0.307 e. The van der Waals surface area contributed by atoms with Gasteiger partial charge in [-0.2, -0.15) is 0 Å². The van der Waals surface area contributed by atoms with Crippen LogP contribution in [-0.2, 0) is 6.54 Å². The second-order valence-corrected chi connectivity index (χ2v) is 6.08. The van der Waals surface area contributed by atoms with Crippen molar-refractivity contribution in [1.29, 1.82) is 0 Å². The molecule has 1 aliphatic rings. The number of benzene rings is 2. The van der Waals surface area contributed by atoms with Gasteiger partial charge in [-0.25, -0.2) is 0 Å². The van der Waals surface area contributed by atoms with Gasteiger partial charge >= 0.3 is 0 Å². The average Bonchev–Trinajstić information content (AvgIpc) is 2.72. The van der Waals surface area contributed by atoms with Crippen LogP contribution in [0.15, 0.2) is 42.5 Å². The average molecular weight is 325 g/mol. The summed E-state index contributed by atoms with van der Waals surface area (Å²) in [5.41, 5.74) is 3.00. The molecule has 1 aliphatic heterocycles. The monoisotopic (exact) mass is 325 g/mol. The molecule has 0 spiro atoms. The van der Waals surface area contributed by atoms with Gasteiger partial charge in [0.05, 0.1) is 4.92 Å². The normalized spacial score (nSPS) is 14.8. The van der Waals surface area contributed by atoms with Gasteiger partial charge in [0.25, 0.3) is 11.6 Å². The van der Waals surface area contributed by atoms with Gasteiger partial charge in [0.1, 0.15) is 0 Å². The first-order valence-corrected chi connectivity index (χ1v) is 7.80. The molecule has 2 aromatic carbocycles. The number of non-ortho nitro benzene ring substituents is 1. The van der Waals surface area contributed by atoms with Gasteiger partial charge in [0.15, 0.2) is 0 Å². The molecular weight excluding hydrogens is 306 g/mol. The second-order valence-electron chi connectivity index (χ2n) is 6.08. The number of hydrogen-bond donors (Lipinski definition) is 0. The standard InChI is InChI=1S/C18H19N3O3/c1-13-7-8-15(21(23)24)11-16(13)18(22)20-10-9-19(2)12-14-5-3-4-6-17(14)20/h3-8,11H,9-10,12H2,1-2H3. The summed E-state index contributed by atoms with van der Waals surface area (Å²) >= 11 is 0.